The molecule has 17 heavy (non-hydrogen) atoms. The molecule has 0 atom stereocenters. The van der Waals surface area contributed by atoms with Crippen molar-refractivity contribution in [2.24, 2.45) is 0 Å². The van der Waals surface area contributed by atoms with Gasteiger partial charge in [0, 0.05) is 6.42 Å². The molecule has 1 aromatic carbocycles. The quantitative estimate of drug-likeness (QED) is 0.735. The molecular weight excluding hydrogens is 216 g/mol. The summed E-state index contributed by atoms with van der Waals surface area (Å²) in [4.78, 5) is 22.7. The molecule has 0 aliphatic rings. The van der Waals surface area contributed by atoms with E-state index in [0.717, 1.165) is 17.5 Å². The molecule has 0 amide bonds. The lowest BCUT2D eigenvalue weighted by molar-refractivity contribution is -0.116. The van der Waals surface area contributed by atoms with Crippen LogP contribution < -0.4 is 0 Å². The van der Waals surface area contributed by atoms with E-state index in [1.54, 1.807) is 26.0 Å². The molecule has 3 heteroatoms. The Balaban J connectivity index is 3.03. The molecule has 0 fully saturated rings. The fourth-order valence-corrected chi connectivity index (χ4v) is 1.74. The van der Waals surface area contributed by atoms with Gasteiger partial charge in [-0.05, 0) is 43.5 Å². The zero-order chi connectivity index (χ0) is 12.8. The summed E-state index contributed by atoms with van der Waals surface area (Å²) >= 11 is 0. The van der Waals surface area contributed by atoms with Crippen LogP contribution in [0.2, 0.25) is 0 Å². The van der Waals surface area contributed by atoms with E-state index in [2.05, 4.69) is 0 Å². The summed E-state index contributed by atoms with van der Waals surface area (Å²) in [7, 11) is 0. The summed E-state index contributed by atoms with van der Waals surface area (Å²) < 4.78 is 4.94. The van der Waals surface area contributed by atoms with Crippen LogP contribution in [0.25, 0.3) is 0 Å². The molecule has 3 nitrogen and oxygen atoms in total. The number of rotatable bonds is 5. The van der Waals surface area contributed by atoms with Gasteiger partial charge in [-0.25, -0.2) is 4.79 Å². The van der Waals surface area contributed by atoms with Gasteiger partial charge in [0.25, 0.3) is 0 Å². The molecule has 92 valence electrons. The van der Waals surface area contributed by atoms with Crippen molar-refractivity contribution in [3.63, 3.8) is 0 Å². The molecule has 0 bridgehead atoms. The maximum Gasteiger partial charge on any atom is 0.338 e. The summed E-state index contributed by atoms with van der Waals surface area (Å²) in [6.07, 6.45) is 1.22. The molecule has 0 radical (unpaired) electrons. The average molecular weight is 234 g/mol. The Morgan fingerprint density at radius 2 is 1.88 bits per heavy atom. The third-order valence-corrected chi connectivity index (χ3v) is 2.54. The first-order valence-electron chi connectivity index (χ1n) is 5.86. The first kappa shape index (κ1) is 13.4. The van der Waals surface area contributed by atoms with Crippen molar-refractivity contribution >= 4 is 11.8 Å². The minimum absolute atomic E-state index is 0.0979. The number of hydrogen-bond donors (Lipinski definition) is 0. The molecule has 0 saturated carbocycles. The smallest absolute Gasteiger partial charge is 0.338 e. The Hall–Kier alpha value is -1.64. The van der Waals surface area contributed by atoms with Gasteiger partial charge in [-0.3, -0.25) is 4.79 Å². The number of ketones is 1. The highest BCUT2D eigenvalue weighted by Crippen LogP contribution is 2.15. The van der Waals surface area contributed by atoms with Gasteiger partial charge in [0.2, 0.25) is 0 Å². The van der Waals surface area contributed by atoms with Gasteiger partial charge < -0.3 is 4.74 Å². The molecule has 0 spiro atoms. The third kappa shape index (κ3) is 3.70. The van der Waals surface area contributed by atoms with Gasteiger partial charge in [0.1, 0.15) is 5.78 Å². The average Bonchev–Trinajstić information content (AvgIpc) is 2.28. The van der Waals surface area contributed by atoms with Gasteiger partial charge in [-0.1, -0.05) is 13.0 Å². The number of carbonyl (C=O) groups excluding carboxylic acids is 2. The van der Waals surface area contributed by atoms with Crippen LogP contribution in [0.4, 0.5) is 0 Å². The second kappa shape index (κ2) is 6.18. The minimum atomic E-state index is -0.333. The zero-order valence-electron chi connectivity index (χ0n) is 10.6. The first-order valence-corrected chi connectivity index (χ1v) is 5.86. The maximum absolute atomic E-state index is 11.6. The van der Waals surface area contributed by atoms with Gasteiger partial charge in [-0.2, -0.15) is 0 Å². The highest BCUT2D eigenvalue weighted by Gasteiger charge is 2.10. The van der Waals surface area contributed by atoms with E-state index in [9.17, 15) is 9.59 Å². The van der Waals surface area contributed by atoms with E-state index in [0.29, 0.717) is 18.6 Å². The predicted molar refractivity (Wildman–Crippen MR) is 66.2 cm³/mol. The fraction of sp³-hybridized carbons (Fsp3) is 0.429. The second-order valence-electron chi connectivity index (χ2n) is 3.94. The van der Waals surface area contributed by atoms with Crippen molar-refractivity contribution in [3.05, 3.63) is 34.9 Å². The van der Waals surface area contributed by atoms with Crippen molar-refractivity contribution < 1.29 is 14.3 Å². The summed E-state index contributed by atoms with van der Waals surface area (Å²) in [5.41, 5.74) is 2.54. The lowest BCUT2D eigenvalue weighted by atomic mass is 9.98. The van der Waals surface area contributed by atoms with Crippen LogP contribution in [-0.2, 0) is 22.4 Å². The van der Waals surface area contributed by atoms with Gasteiger partial charge in [-0.15, -0.1) is 0 Å². The number of benzene rings is 1. The second-order valence-corrected chi connectivity index (χ2v) is 3.94. The number of carbonyl (C=O) groups is 2. The molecule has 0 heterocycles. The van der Waals surface area contributed by atoms with Crippen molar-refractivity contribution in [1.82, 2.24) is 0 Å². The summed E-state index contributed by atoms with van der Waals surface area (Å²) in [6, 6.07) is 5.41. The van der Waals surface area contributed by atoms with E-state index < -0.39 is 0 Å². The number of Topliss-reactive ketones (excluding diaryl/α,β-unsaturated/α-hetero) is 1. The van der Waals surface area contributed by atoms with Crippen molar-refractivity contribution in [2.75, 3.05) is 6.61 Å². The van der Waals surface area contributed by atoms with Crippen LogP contribution in [0.1, 0.15) is 42.3 Å². The highest BCUT2D eigenvalue weighted by molar-refractivity contribution is 5.90. The molecular formula is C14H18O3. The molecule has 0 N–H and O–H groups in total. The summed E-state index contributed by atoms with van der Waals surface area (Å²) in [5.74, 6) is -0.235. The van der Waals surface area contributed by atoms with Gasteiger partial charge in [0.15, 0.2) is 0 Å². The Morgan fingerprint density at radius 3 is 2.41 bits per heavy atom. The lowest BCUT2D eigenvalue weighted by Gasteiger charge is -2.09. The Kier molecular flexibility index (Phi) is 4.88. The predicted octanol–water partition coefficient (Wildman–Crippen LogP) is 2.56. The van der Waals surface area contributed by atoms with Gasteiger partial charge in [0.05, 0.1) is 12.2 Å². The SMILES string of the molecule is CCOC(=O)c1ccc(CC)c(CC(C)=O)c1. The molecule has 0 unspecified atom stereocenters. The topological polar surface area (TPSA) is 43.4 Å². The number of esters is 1. The summed E-state index contributed by atoms with van der Waals surface area (Å²) in [6.45, 7) is 5.71. The first-order chi connectivity index (χ1) is 8.08. The number of aryl methyl sites for hydroxylation is 1. The molecule has 0 saturated heterocycles. The van der Waals surface area contributed by atoms with E-state index >= 15 is 0 Å². The van der Waals surface area contributed by atoms with Crippen molar-refractivity contribution in [3.8, 4) is 0 Å². The molecule has 0 aliphatic carbocycles. The fourth-order valence-electron chi connectivity index (χ4n) is 1.74. The Labute approximate surface area is 102 Å². The Bertz CT molecular complexity index is 421. The van der Waals surface area contributed by atoms with Crippen LogP contribution in [0, 0.1) is 0 Å². The highest BCUT2D eigenvalue weighted by atomic mass is 16.5. The largest absolute Gasteiger partial charge is 0.462 e. The normalized spacial score (nSPS) is 10.1. The van der Waals surface area contributed by atoms with E-state index in [1.807, 2.05) is 13.0 Å². The number of hydrogen-bond acceptors (Lipinski definition) is 3. The van der Waals surface area contributed by atoms with Crippen LogP contribution in [0.5, 0.6) is 0 Å². The van der Waals surface area contributed by atoms with Crippen molar-refractivity contribution in [1.29, 1.82) is 0 Å². The molecule has 0 aliphatic heterocycles. The van der Waals surface area contributed by atoms with Crippen LogP contribution in [-0.4, -0.2) is 18.4 Å². The van der Waals surface area contributed by atoms with Crippen molar-refractivity contribution in [2.45, 2.75) is 33.6 Å². The monoisotopic (exact) mass is 234 g/mol. The zero-order valence-corrected chi connectivity index (χ0v) is 10.6. The van der Waals surface area contributed by atoms with Crippen LogP contribution in [0.3, 0.4) is 0 Å². The minimum Gasteiger partial charge on any atom is -0.462 e. The Morgan fingerprint density at radius 1 is 1.18 bits per heavy atom. The van der Waals surface area contributed by atoms with E-state index in [4.69, 9.17) is 4.74 Å². The van der Waals surface area contributed by atoms with Crippen LogP contribution >= 0.6 is 0 Å². The standard InChI is InChI=1S/C14H18O3/c1-4-11-6-7-12(14(16)17-5-2)9-13(11)8-10(3)15/h6-7,9H,4-5,8H2,1-3H3. The van der Waals surface area contributed by atoms with E-state index in [1.165, 1.54) is 0 Å². The molecule has 1 aromatic rings. The number of ether oxygens (including phenoxy) is 1. The lowest BCUT2D eigenvalue weighted by Crippen LogP contribution is -2.07. The third-order valence-electron chi connectivity index (χ3n) is 2.54. The molecule has 1 rings (SSSR count). The maximum atomic E-state index is 11.6. The molecule has 0 aromatic heterocycles. The summed E-state index contributed by atoms with van der Waals surface area (Å²) in [5, 5.41) is 0. The van der Waals surface area contributed by atoms with E-state index in [-0.39, 0.29) is 11.8 Å². The van der Waals surface area contributed by atoms with Gasteiger partial charge >= 0.3 is 5.97 Å². The van der Waals surface area contributed by atoms with Crippen LogP contribution in [0.15, 0.2) is 18.2 Å².